The molecule has 2 aromatic carbocycles. The first-order chi connectivity index (χ1) is 17.1. The van der Waals surface area contributed by atoms with Gasteiger partial charge in [0.25, 0.3) is 0 Å². The van der Waals surface area contributed by atoms with E-state index in [1.165, 1.54) is 36.8 Å². The summed E-state index contributed by atoms with van der Waals surface area (Å²) in [5.74, 6) is 2.08. The number of esters is 1. The van der Waals surface area contributed by atoms with Gasteiger partial charge < -0.3 is 4.74 Å². The fraction of sp³-hybridized carbons (Fsp3) is 0.438. The monoisotopic (exact) mass is 467 g/mol. The Bertz CT molecular complexity index is 1060. The first-order valence-corrected chi connectivity index (χ1v) is 13.2. The molecule has 3 heteroatoms. The molecule has 0 saturated heterocycles. The normalized spacial score (nSPS) is 24.2. The molecule has 0 atom stereocenters. The third-order valence-electron chi connectivity index (χ3n) is 8.04. The van der Waals surface area contributed by atoms with Crippen molar-refractivity contribution < 1.29 is 9.53 Å². The summed E-state index contributed by atoms with van der Waals surface area (Å²) in [4.78, 5) is 12.8. The van der Waals surface area contributed by atoms with Gasteiger partial charge >= 0.3 is 5.97 Å². The molecule has 0 N–H and O–H groups in total. The lowest BCUT2D eigenvalue weighted by atomic mass is 9.76. The molecule has 182 valence electrons. The van der Waals surface area contributed by atoms with Crippen molar-refractivity contribution in [2.75, 3.05) is 0 Å². The highest BCUT2D eigenvalue weighted by Crippen LogP contribution is 2.40. The summed E-state index contributed by atoms with van der Waals surface area (Å²) in [5.41, 5.74) is 4.27. The quantitative estimate of drug-likeness (QED) is 0.224. The summed E-state index contributed by atoms with van der Waals surface area (Å²) >= 11 is 0. The lowest BCUT2D eigenvalue weighted by molar-refractivity contribution is -0.140. The van der Waals surface area contributed by atoms with Gasteiger partial charge in [0.05, 0.1) is 11.5 Å². The number of nitriles is 1. The molecular weight excluding hydrogens is 430 g/mol. The van der Waals surface area contributed by atoms with E-state index in [1.807, 2.05) is 6.07 Å². The van der Waals surface area contributed by atoms with Crippen LogP contribution in [-0.4, -0.2) is 5.97 Å². The van der Waals surface area contributed by atoms with Crippen molar-refractivity contribution in [3.05, 3.63) is 90.0 Å². The summed E-state index contributed by atoms with van der Waals surface area (Å²) < 4.78 is 5.66. The maximum absolute atomic E-state index is 12.8. The molecule has 2 aliphatic carbocycles. The number of benzene rings is 2. The maximum atomic E-state index is 12.8. The number of nitrogens with zero attached hydrogens (tertiary/aromatic N) is 1. The highest BCUT2D eigenvalue weighted by molar-refractivity contribution is 5.76. The van der Waals surface area contributed by atoms with E-state index in [0.29, 0.717) is 29.6 Å². The van der Waals surface area contributed by atoms with Gasteiger partial charge in [-0.25, -0.2) is 0 Å². The standard InChI is InChI=1S/C32H37NO2/c1-3-5-23-7-10-25(11-8-23)26-12-14-27(15-13-26)28-16-18-29(19-17-28)32(34)35-31-20-9-24(6-4-2)21-30(31)22-33/h3-4,9,12-15,20-21,23,25,28-29H,1-2,5-8,10-11,16-19H2. The van der Waals surface area contributed by atoms with Crippen LogP contribution in [0, 0.1) is 23.2 Å². The van der Waals surface area contributed by atoms with Gasteiger partial charge in [0.15, 0.2) is 0 Å². The van der Waals surface area contributed by atoms with Gasteiger partial charge in [-0.15, -0.1) is 13.2 Å². The Kier molecular flexibility index (Phi) is 8.59. The van der Waals surface area contributed by atoms with Crippen LogP contribution >= 0.6 is 0 Å². The summed E-state index contributed by atoms with van der Waals surface area (Å²) in [6.07, 6.45) is 14.6. The predicted octanol–water partition coefficient (Wildman–Crippen LogP) is 8.02. The van der Waals surface area contributed by atoms with Crippen LogP contribution in [0.2, 0.25) is 0 Å². The van der Waals surface area contributed by atoms with Crippen molar-refractivity contribution in [3.63, 3.8) is 0 Å². The molecule has 2 fully saturated rings. The van der Waals surface area contributed by atoms with E-state index in [0.717, 1.165) is 43.6 Å². The second kappa shape index (κ2) is 12.0. The number of hydrogen-bond acceptors (Lipinski definition) is 3. The SMILES string of the molecule is C=CCc1ccc(OC(=O)C2CCC(c3ccc(C4CCC(CC=C)CC4)cc3)CC2)c(C#N)c1. The van der Waals surface area contributed by atoms with Crippen LogP contribution in [-0.2, 0) is 11.2 Å². The molecule has 2 saturated carbocycles. The Hall–Kier alpha value is -3.12. The molecule has 0 unspecified atom stereocenters. The van der Waals surface area contributed by atoms with Gasteiger partial charge in [-0.2, -0.15) is 5.26 Å². The molecule has 0 amide bonds. The number of hydrogen-bond donors (Lipinski definition) is 0. The Balaban J connectivity index is 1.29. The fourth-order valence-corrected chi connectivity index (χ4v) is 5.91. The van der Waals surface area contributed by atoms with Gasteiger partial charge in [-0.3, -0.25) is 4.79 Å². The highest BCUT2D eigenvalue weighted by Gasteiger charge is 2.29. The minimum absolute atomic E-state index is 0.101. The van der Waals surface area contributed by atoms with E-state index in [-0.39, 0.29) is 11.9 Å². The van der Waals surface area contributed by atoms with Crippen LogP contribution in [0.3, 0.4) is 0 Å². The Morgan fingerprint density at radius 2 is 1.49 bits per heavy atom. The minimum Gasteiger partial charge on any atom is -0.425 e. The molecule has 0 spiro atoms. The van der Waals surface area contributed by atoms with E-state index in [2.05, 4.69) is 49.6 Å². The third-order valence-corrected chi connectivity index (χ3v) is 8.04. The lowest BCUT2D eigenvalue weighted by Gasteiger charge is -2.29. The lowest BCUT2D eigenvalue weighted by Crippen LogP contribution is -2.25. The van der Waals surface area contributed by atoms with Crippen molar-refractivity contribution in [1.29, 1.82) is 5.26 Å². The van der Waals surface area contributed by atoms with Crippen molar-refractivity contribution in [3.8, 4) is 11.8 Å². The van der Waals surface area contributed by atoms with Crippen LogP contribution < -0.4 is 4.74 Å². The van der Waals surface area contributed by atoms with E-state index < -0.39 is 0 Å². The van der Waals surface area contributed by atoms with Gasteiger partial charge in [0.1, 0.15) is 11.8 Å². The van der Waals surface area contributed by atoms with Crippen LogP contribution in [0.25, 0.3) is 0 Å². The van der Waals surface area contributed by atoms with Crippen LogP contribution in [0.5, 0.6) is 5.75 Å². The Morgan fingerprint density at radius 3 is 2.03 bits per heavy atom. The molecule has 35 heavy (non-hydrogen) atoms. The van der Waals surface area contributed by atoms with E-state index in [4.69, 9.17) is 4.74 Å². The zero-order chi connectivity index (χ0) is 24.6. The molecule has 2 aromatic rings. The zero-order valence-electron chi connectivity index (χ0n) is 20.8. The van der Waals surface area contributed by atoms with Crippen molar-refractivity contribution in [1.82, 2.24) is 0 Å². The van der Waals surface area contributed by atoms with Gasteiger partial charge in [0, 0.05) is 0 Å². The first kappa shape index (κ1) is 25.0. The smallest absolute Gasteiger partial charge is 0.314 e. The van der Waals surface area contributed by atoms with E-state index >= 15 is 0 Å². The summed E-state index contributed by atoms with van der Waals surface area (Å²) in [7, 11) is 0. The van der Waals surface area contributed by atoms with Crippen LogP contribution in [0.4, 0.5) is 0 Å². The zero-order valence-corrected chi connectivity index (χ0v) is 20.8. The average molecular weight is 468 g/mol. The topological polar surface area (TPSA) is 50.1 Å². The summed E-state index contributed by atoms with van der Waals surface area (Å²) in [5, 5.41) is 9.46. The average Bonchev–Trinajstić information content (AvgIpc) is 2.90. The van der Waals surface area contributed by atoms with Crippen molar-refractivity contribution >= 4 is 5.97 Å². The number of allylic oxidation sites excluding steroid dienone is 2. The molecule has 0 aromatic heterocycles. The van der Waals surface area contributed by atoms with Crippen molar-refractivity contribution in [2.24, 2.45) is 11.8 Å². The highest BCUT2D eigenvalue weighted by atomic mass is 16.5. The molecule has 0 radical (unpaired) electrons. The van der Waals surface area contributed by atoms with Gasteiger partial charge in [-0.1, -0.05) is 42.5 Å². The number of carbonyl (C=O) groups excluding carboxylic acids is 1. The van der Waals surface area contributed by atoms with Crippen LogP contribution in [0.15, 0.2) is 67.8 Å². The van der Waals surface area contributed by atoms with Crippen LogP contribution in [0.1, 0.15) is 91.9 Å². The Labute approximate surface area is 210 Å². The number of ether oxygens (including phenoxy) is 1. The number of carbonyl (C=O) groups is 1. The molecule has 0 aliphatic heterocycles. The summed E-state index contributed by atoms with van der Waals surface area (Å²) in [6, 6.07) is 16.9. The second-order valence-corrected chi connectivity index (χ2v) is 10.3. The van der Waals surface area contributed by atoms with E-state index in [9.17, 15) is 10.1 Å². The predicted molar refractivity (Wildman–Crippen MR) is 141 cm³/mol. The first-order valence-electron chi connectivity index (χ1n) is 13.2. The number of rotatable bonds is 8. The minimum atomic E-state index is -0.209. The fourth-order valence-electron chi connectivity index (χ4n) is 5.91. The van der Waals surface area contributed by atoms with Crippen molar-refractivity contribution in [2.45, 2.75) is 76.0 Å². The third kappa shape index (κ3) is 6.31. The maximum Gasteiger partial charge on any atom is 0.314 e. The van der Waals surface area contributed by atoms with E-state index in [1.54, 1.807) is 18.2 Å². The molecule has 0 heterocycles. The molecular formula is C32H37NO2. The molecule has 3 nitrogen and oxygen atoms in total. The van der Waals surface area contributed by atoms with Gasteiger partial charge in [-0.05, 0) is 111 Å². The Morgan fingerprint density at radius 1 is 0.886 bits per heavy atom. The largest absolute Gasteiger partial charge is 0.425 e. The van der Waals surface area contributed by atoms with Gasteiger partial charge in [0.2, 0.25) is 0 Å². The summed E-state index contributed by atoms with van der Waals surface area (Å²) in [6.45, 7) is 7.63. The molecule has 2 aliphatic rings. The molecule has 4 rings (SSSR count). The molecule has 0 bridgehead atoms. The second-order valence-electron chi connectivity index (χ2n) is 10.3.